The molecule has 0 radical (unpaired) electrons. The third-order valence-corrected chi connectivity index (χ3v) is 4.97. The number of hydrogen-bond donors (Lipinski definition) is 1. The van der Waals surface area contributed by atoms with Gasteiger partial charge in [-0.2, -0.15) is 0 Å². The van der Waals surface area contributed by atoms with E-state index in [0.29, 0.717) is 0 Å². The Balaban J connectivity index is 1.98. The van der Waals surface area contributed by atoms with Crippen molar-refractivity contribution in [2.24, 2.45) is 5.92 Å². The van der Waals surface area contributed by atoms with E-state index in [9.17, 15) is 5.11 Å². The van der Waals surface area contributed by atoms with Crippen LogP contribution in [0, 0.1) is 5.92 Å². The maximum Gasteiger partial charge on any atom is 0.185 e. The number of aliphatic hydroxyl groups excluding tert-OH is 1. The molecule has 2 heterocycles. The van der Waals surface area contributed by atoms with Crippen molar-refractivity contribution in [3.8, 4) is 0 Å². The van der Waals surface area contributed by atoms with Crippen LogP contribution in [0.1, 0.15) is 50.1 Å². The minimum atomic E-state index is 0.132. The number of piperidine rings is 1. The normalized spacial score (nSPS) is 17.4. The number of hydrogen-bond acceptors (Lipinski definition) is 4. The summed E-state index contributed by atoms with van der Waals surface area (Å²) in [7, 11) is 0. The van der Waals surface area contributed by atoms with E-state index in [1.165, 1.54) is 25.7 Å². The predicted octanol–water partition coefficient (Wildman–Crippen LogP) is 3.21. The molecular weight excluding hydrogens is 244 g/mol. The molecule has 1 N–H and O–H groups in total. The minimum absolute atomic E-state index is 0.132. The quantitative estimate of drug-likeness (QED) is 0.891. The third kappa shape index (κ3) is 3.04. The van der Waals surface area contributed by atoms with Crippen molar-refractivity contribution in [3.63, 3.8) is 0 Å². The molecule has 102 valence electrons. The van der Waals surface area contributed by atoms with Crippen LogP contribution in [-0.2, 0) is 13.0 Å². The Bertz CT molecular complexity index is 348. The molecule has 0 bridgehead atoms. The van der Waals surface area contributed by atoms with Gasteiger partial charge in [-0.15, -0.1) is 0 Å². The molecule has 0 aromatic carbocycles. The Morgan fingerprint density at radius 2 is 2.06 bits per heavy atom. The largest absolute Gasteiger partial charge is 0.391 e. The molecule has 4 heteroatoms. The van der Waals surface area contributed by atoms with E-state index in [2.05, 4.69) is 23.7 Å². The van der Waals surface area contributed by atoms with Crippen molar-refractivity contribution in [1.29, 1.82) is 0 Å². The summed E-state index contributed by atoms with van der Waals surface area (Å²) in [4.78, 5) is 8.12. The molecule has 1 aromatic heterocycles. The number of aromatic nitrogens is 1. The topological polar surface area (TPSA) is 36.4 Å². The summed E-state index contributed by atoms with van der Waals surface area (Å²) >= 11 is 1.67. The molecule has 0 aliphatic carbocycles. The number of aryl methyl sites for hydroxylation is 1. The second-order valence-corrected chi connectivity index (χ2v) is 6.16. The standard InChI is InChI=1S/C14H24N2OS/c1-3-5-11-6-8-16(9-7-11)14-15-12(4-2)13(10-17)18-14/h11,17H,3-10H2,1-2H3. The van der Waals surface area contributed by atoms with Gasteiger partial charge in [0.1, 0.15) is 0 Å². The molecule has 3 nitrogen and oxygen atoms in total. The maximum atomic E-state index is 9.33. The van der Waals surface area contributed by atoms with Gasteiger partial charge in [0.25, 0.3) is 0 Å². The molecule has 2 rings (SSSR count). The zero-order chi connectivity index (χ0) is 13.0. The summed E-state index contributed by atoms with van der Waals surface area (Å²) in [5, 5.41) is 10.4. The molecular formula is C14H24N2OS. The monoisotopic (exact) mass is 268 g/mol. The van der Waals surface area contributed by atoms with Gasteiger partial charge in [0.05, 0.1) is 17.2 Å². The Hall–Kier alpha value is -0.610. The number of anilines is 1. The van der Waals surface area contributed by atoms with Crippen LogP contribution in [0.4, 0.5) is 5.13 Å². The lowest BCUT2D eigenvalue weighted by Gasteiger charge is -2.31. The third-order valence-electron chi connectivity index (χ3n) is 3.83. The molecule has 0 saturated carbocycles. The van der Waals surface area contributed by atoms with Crippen molar-refractivity contribution >= 4 is 16.5 Å². The van der Waals surface area contributed by atoms with Gasteiger partial charge < -0.3 is 10.0 Å². The lowest BCUT2D eigenvalue weighted by molar-refractivity contribution is 0.284. The first-order chi connectivity index (χ1) is 8.78. The van der Waals surface area contributed by atoms with Crippen LogP contribution in [0.3, 0.4) is 0 Å². The second kappa shape index (κ2) is 6.53. The zero-order valence-corrected chi connectivity index (χ0v) is 12.3. The van der Waals surface area contributed by atoms with Gasteiger partial charge in [-0.1, -0.05) is 38.0 Å². The molecule has 18 heavy (non-hydrogen) atoms. The highest BCUT2D eigenvalue weighted by molar-refractivity contribution is 7.15. The van der Waals surface area contributed by atoms with Crippen molar-refractivity contribution in [3.05, 3.63) is 10.6 Å². The van der Waals surface area contributed by atoms with E-state index < -0.39 is 0 Å². The fraction of sp³-hybridized carbons (Fsp3) is 0.786. The molecule has 1 saturated heterocycles. The molecule has 0 atom stereocenters. The summed E-state index contributed by atoms with van der Waals surface area (Å²) in [5.41, 5.74) is 1.08. The van der Waals surface area contributed by atoms with Crippen LogP contribution in [-0.4, -0.2) is 23.2 Å². The first-order valence-electron chi connectivity index (χ1n) is 7.12. The first kappa shape index (κ1) is 13.8. The van der Waals surface area contributed by atoms with E-state index in [4.69, 9.17) is 0 Å². The van der Waals surface area contributed by atoms with Gasteiger partial charge in [0, 0.05) is 13.1 Å². The van der Waals surface area contributed by atoms with Crippen LogP contribution in [0.25, 0.3) is 0 Å². The van der Waals surface area contributed by atoms with Crippen molar-refractivity contribution < 1.29 is 5.11 Å². The SMILES string of the molecule is CCCC1CCN(c2nc(CC)c(CO)s2)CC1. The summed E-state index contributed by atoms with van der Waals surface area (Å²) < 4.78 is 0. The number of aliphatic hydroxyl groups is 1. The van der Waals surface area contributed by atoms with Crippen LogP contribution in [0.2, 0.25) is 0 Å². The Morgan fingerprint density at radius 1 is 1.33 bits per heavy atom. The van der Waals surface area contributed by atoms with E-state index in [0.717, 1.165) is 41.1 Å². The van der Waals surface area contributed by atoms with Gasteiger partial charge in [-0.3, -0.25) is 0 Å². The van der Waals surface area contributed by atoms with Gasteiger partial charge in [0.15, 0.2) is 5.13 Å². The number of rotatable bonds is 5. The highest BCUT2D eigenvalue weighted by Gasteiger charge is 2.21. The Kier molecular flexibility index (Phi) is 5.01. The van der Waals surface area contributed by atoms with Crippen LogP contribution in [0.15, 0.2) is 0 Å². The second-order valence-electron chi connectivity index (χ2n) is 5.10. The molecule has 0 unspecified atom stereocenters. The first-order valence-corrected chi connectivity index (χ1v) is 7.94. The highest BCUT2D eigenvalue weighted by Crippen LogP contribution is 2.31. The fourth-order valence-corrected chi connectivity index (χ4v) is 3.79. The minimum Gasteiger partial charge on any atom is -0.391 e. The summed E-state index contributed by atoms with van der Waals surface area (Å²) in [6.45, 7) is 6.77. The van der Waals surface area contributed by atoms with Gasteiger partial charge in [-0.05, 0) is 25.2 Å². The van der Waals surface area contributed by atoms with E-state index in [1.54, 1.807) is 11.3 Å². The van der Waals surface area contributed by atoms with Crippen molar-refractivity contribution in [2.75, 3.05) is 18.0 Å². The molecule has 0 spiro atoms. The molecule has 1 aromatic rings. The molecule has 1 aliphatic heterocycles. The molecule has 0 amide bonds. The maximum absolute atomic E-state index is 9.33. The van der Waals surface area contributed by atoms with Gasteiger partial charge in [0.2, 0.25) is 0 Å². The predicted molar refractivity (Wildman–Crippen MR) is 77.3 cm³/mol. The average molecular weight is 268 g/mol. The lowest BCUT2D eigenvalue weighted by Crippen LogP contribution is -2.33. The molecule has 1 fully saturated rings. The van der Waals surface area contributed by atoms with Crippen LogP contribution >= 0.6 is 11.3 Å². The van der Waals surface area contributed by atoms with E-state index >= 15 is 0 Å². The smallest absolute Gasteiger partial charge is 0.185 e. The van der Waals surface area contributed by atoms with Crippen molar-refractivity contribution in [1.82, 2.24) is 4.98 Å². The Labute approximate surface area is 114 Å². The van der Waals surface area contributed by atoms with Crippen LogP contribution < -0.4 is 4.90 Å². The lowest BCUT2D eigenvalue weighted by atomic mass is 9.93. The zero-order valence-electron chi connectivity index (χ0n) is 11.5. The summed E-state index contributed by atoms with van der Waals surface area (Å²) in [5.74, 6) is 0.911. The van der Waals surface area contributed by atoms with E-state index in [-0.39, 0.29) is 6.61 Å². The number of nitrogens with zero attached hydrogens (tertiary/aromatic N) is 2. The summed E-state index contributed by atoms with van der Waals surface area (Å²) in [6.07, 6.45) is 6.18. The fourth-order valence-electron chi connectivity index (χ4n) is 2.73. The average Bonchev–Trinajstić information content (AvgIpc) is 2.83. The highest BCUT2D eigenvalue weighted by atomic mass is 32.1. The number of thiazole rings is 1. The van der Waals surface area contributed by atoms with Crippen LogP contribution in [0.5, 0.6) is 0 Å². The molecule has 1 aliphatic rings. The Morgan fingerprint density at radius 3 is 2.56 bits per heavy atom. The van der Waals surface area contributed by atoms with Gasteiger partial charge >= 0.3 is 0 Å². The van der Waals surface area contributed by atoms with E-state index in [1.807, 2.05) is 0 Å². The summed E-state index contributed by atoms with van der Waals surface area (Å²) in [6, 6.07) is 0. The van der Waals surface area contributed by atoms with Crippen molar-refractivity contribution in [2.45, 2.75) is 52.6 Å². The van der Waals surface area contributed by atoms with Gasteiger partial charge in [-0.25, -0.2) is 4.98 Å².